The summed E-state index contributed by atoms with van der Waals surface area (Å²) in [4.78, 5) is 12.1. The average Bonchev–Trinajstić information content (AvgIpc) is 3.08. The zero-order chi connectivity index (χ0) is 20.0. The molecule has 0 aliphatic rings. The van der Waals surface area contributed by atoms with Crippen molar-refractivity contribution in [1.29, 1.82) is 0 Å². The smallest absolute Gasteiger partial charge is 0.331 e. The van der Waals surface area contributed by atoms with E-state index in [0.29, 0.717) is 24.5 Å². The second-order valence-corrected chi connectivity index (χ2v) is 7.67. The third kappa shape index (κ3) is 5.24. The Hall–Kier alpha value is -2.52. The number of hydrogen-bond donors (Lipinski definition) is 0. The Morgan fingerprint density at radius 1 is 1.22 bits per heavy atom. The molecule has 8 nitrogen and oxygen atoms in total. The molecule has 9 heteroatoms. The molecule has 0 aliphatic carbocycles. The molecule has 0 fully saturated rings. The Labute approximate surface area is 158 Å². The predicted molar refractivity (Wildman–Crippen MR) is 99.1 cm³/mol. The fraction of sp³-hybridized carbons (Fsp3) is 0.389. The molecule has 1 aromatic carbocycles. The van der Waals surface area contributed by atoms with E-state index in [4.69, 9.17) is 9.15 Å². The van der Waals surface area contributed by atoms with Crippen molar-refractivity contribution < 1.29 is 22.4 Å². The van der Waals surface area contributed by atoms with Gasteiger partial charge in [0.25, 0.3) is 5.89 Å². The van der Waals surface area contributed by atoms with Gasteiger partial charge in [-0.05, 0) is 30.7 Å². The molecule has 0 saturated heterocycles. The molecule has 1 heterocycles. The zero-order valence-electron chi connectivity index (χ0n) is 15.7. The van der Waals surface area contributed by atoms with Gasteiger partial charge in [0.15, 0.2) is 6.10 Å². The van der Waals surface area contributed by atoms with Crippen LogP contribution in [-0.2, 0) is 19.6 Å². The number of hydrogen-bond acceptors (Lipinski definition) is 7. The molecule has 1 aromatic heterocycles. The Kier molecular flexibility index (Phi) is 6.86. The van der Waals surface area contributed by atoms with E-state index < -0.39 is 22.1 Å². The van der Waals surface area contributed by atoms with Crippen molar-refractivity contribution in [2.45, 2.75) is 38.7 Å². The molecule has 0 bridgehead atoms. The van der Waals surface area contributed by atoms with Gasteiger partial charge in [-0.2, -0.15) is 4.31 Å². The van der Waals surface area contributed by atoms with E-state index in [-0.39, 0.29) is 10.8 Å². The molecule has 0 N–H and O–H groups in total. The number of sulfonamides is 1. The summed E-state index contributed by atoms with van der Waals surface area (Å²) in [5, 5.41) is 7.48. The van der Waals surface area contributed by atoms with E-state index >= 15 is 0 Å². The van der Waals surface area contributed by atoms with Crippen molar-refractivity contribution in [3.05, 3.63) is 47.7 Å². The third-order valence-corrected chi connectivity index (χ3v) is 5.88. The normalized spacial score (nSPS) is 13.2. The quantitative estimate of drug-likeness (QED) is 0.502. The highest BCUT2D eigenvalue weighted by atomic mass is 32.2. The number of aryl methyl sites for hydroxylation is 1. The summed E-state index contributed by atoms with van der Waals surface area (Å²) in [5.74, 6) is 0.0431. The van der Waals surface area contributed by atoms with Crippen LogP contribution in [0.3, 0.4) is 0 Å². The minimum Gasteiger partial charge on any atom is -0.449 e. The van der Waals surface area contributed by atoms with Crippen LogP contribution < -0.4 is 0 Å². The molecule has 1 atom stereocenters. The van der Waals surface area contributed by atoms with Crippen LogP contribution in [0.5, 0.6) is 0 Å². The van der Waals surface area contributed by atoms with Crippen LogP contribution in [0.1, 0.15) is 44.2 Å². The molecular formula is C18H23N3O5S. The van der Waals surface area contributed by atoms with Gasteiger partial charge in [-0.1, -0.05) is 26.0 Å². The molecule has 2 aromatic rings. The monoisotopic (exact) mass is 393 g/mol. The maximum Gasteiger partial charge on any atom is 0.331 e. The van der Waals surface area contributed by atoms with Gasteiger partial charge in [0, 0.05) is 26.1 Å². The standard InChI is InChI=1S/C18H23N3O5S/c1-5-21(6-2)27(23,24)16-10-7-15(8-11-16)9-12-17(22)25-13(3)18-20-19-14(4)26-18/h7-13H,5-6H2,1-4H3/b12-9+. The Bertz CT molecular complexity index is 899. The maximum atomic E-state index is 12.4. The zero-order valence-corrected chi connectivity index (χ0v) is 16.6. The van der Waals surface area contributed by atoms with Gasteiger partial charge in [0.2, 0.25) is 15.9 Å². The van der Waals surface area contributed by atoms with Gasteiger partial charge in [-0.15, -0.1) is 10.2 Å². The number of rotatable bonds is 8. The van der Waals surface area contributed by atoms with Crippen molar-refractivity contribution in [3.63, 3.8) is 0 Å². The van der Waals surface area contributed by atoms with Gasteiger partial charge >= 0.3 is 5.97 Å². The number of benzene rings is 1. The highest BCUT2D eigenvalue weighted by Gasteiger charge is 2.21. The minimum atomic E-state index is -3.50. The summed E-state index contributed by atoms with van der Waals surface area (Å²) < 4.78 is 36.7. The average molecular weight is 393 g/mol. The molecule has 1 unspecified atom stereocenters. The maximum absolute atomic E-state index is 12.4. The number of aromatic nitrogens is 2. The van der Waals surface area contributed by atoms with E-state index in [1.165, 1.54) is 22.5 Å². The van der Waals surface area contributed by atoms with Gasteiger partial charge in [0.1, 0.15) is 0 Å². The second kappa shape index (κ2) is 8.92. The predicted octanol–water partition coefficient (Wildman–Crippen LogP) is 2.73. The molecule has 0 spiro atoms. The van der Waals surface area contributed by atoms with E-state index in [1.54, 1.807) is 45.9 Å². The van der Waals surface area contributed by atoms with Crippen LogP contribution >= 0.6 is 0 Å². The van der Waals surface area contributed by atoms with Crippen LogP contribution in [0, 0.1) is 6.92 Å². The fourth-order valence-electron chi connectivity index (χ4n) is 2.37. The largest absolute Gasteiger partial charge is 0.449 e. The van der Waals surface area contributed by atoms with Gasteiger partial charge in [0.05, 0.1) is 4.90 Å². The van der Waals surface area contributed by atoms with Gasteiger partial charge in [-0.3, -0.25) is 0 Å². The molecule has 146 valence electrons. The minimum absolute atomic E-state index is 0.214. The topological polar surface area (TPSA) is 103 Å². The van der Waals surface area contributed by atoms with E-state index in [1.807, 2.05) is 0 Å². The number of carbonyl (C=O) groups is 1. The van der Waals surface area contributed by atoms with Gasteiger partial charge < -0.3 is 9.15 Å². The lowest BCUT2D eigenvalue weighted by molar-refractivity contribution is -0.143. The van der Waals surface area contributed by atoms with E-state index in [9.17, 15) is 13.2 Å². The number of ether oxygens (including phenoxy) is 1. The van der Waals surface area contributed by atoms with Crippen molar-refractivity contribution >= 4 is 22.1 Å². The summed E-state index contributed by atoms with van der Waals surface area (Å²) in [6, 6.07) is 6.29. The van der Waals surface area contributed by atoms with Crippen molar-refractivity contribution in [1.82, 2.24) is 14.5 Å². The number of nitrogens with zero attached hydrogens (tertiary/aromatic N) is 3. The first-order chi connectivity index (χ1) is 12.8. The van der Waals surface area contributed by atoms with Gasteiger partial charge in [-0.25, -0.2) is 13.2 Å². The lowest BCUT2D eigenvalue weighted by Gasteiger charge is -2.18. The fourth-order valence-corrected chi connectivity index (χ4v) is 3.83. The van der Waals surface area contributed by atoms with Crippen LogP contribution in [0.25, 0.3) is 6.08 Å². The summed E-state index contributed by atoms with van der Waals surface area (Å²) in [6.45, 7) is 7.68. The lowest BCUT2D eigenvalue weighted by Crippen LogP contribution is -2.30. The second-order valence-electron chi connectivity index (χ2n) is 5.73. The van der Waals surface area contributed by atoms with Crippen molar-refractivity contribution in [3.8, 4) is 0 Å². The van der Waals surface area contributed by atoms with E-state index in [2.05, 4.69) is 10.2 Å². The summed E-state index contributed by atoms with van der Waals surface area (Å²) in [6.07, 6.45) is 2.14. The van der Waals surface area contributed by atoms with Crippen molar-refractivity contribution in [2.75, 3.05) is 13.1 Å². The lowest BCUT2D eigenvalue weighted by atomic mass is 10.2. The van der Waals surface area contributed by atoms with Crippen LogP contribution in [-0.4, -0.2) is 42.0 Å². The highest BCUT2D eigenvalue weighted by molar-refractivity contribution is 7.89. The molecular weight excluding hydrogens is 370 g/mol. The molecule has 0 radical (unpaired) electrons. The molecule has 0 saturated carbocycles. The highest BCUT2D eigenvalue weighted by Crippen LogP contribution is 2.18. The third-order valence-electron chi connectivity index (χ3n) is 3.82. The van der Waals surface area contributed by atoms with Crippen LogP contribution in [0.4, 0.5) is 0 Å². The molecule has 27 heavy (non-hydrogen) atoms. The van der Waals surface area contributed by atoms with Crippen LogP contribution in [0.15, 0.2) is 39.7 Å². The number of esters is 1. The Morgan fingerprint density at radius 3 is 2.37 bits per heavy atom. The summed E-state index contributed by atoms with van der Waals surface area (Å²) in [7, 11) is -3.50. The molecule has 2 rings (SSSR count). The molecule has 0 amide bonds. The Balaban J connectivity index is 2.02. The Morgan fingerprint density at radius 2 is 1.85 bits per heavy atom. The summed E-state index contributed by atoms with van der Waals surface area (Å²) >= 11 is 0. The van der Waals surface area contributed by atoms with E-state index in [0.717, 1.165) is 0 Å². The SMILES string of the molecule is CCN(CC)S(=O)(=O)c1ccc(/C=C/C(=O)OC(C)c2nnc(C)o2)cc1. The first kappa shape index (κ1) is 20.8. The number of carbonyl (C=O) groups excluding carboxylic acids is 1. The molecule has 0 aliphatic heterocycles. The summed E-state index contributed by atoms with van der Waals surface area (Å²) in [5.41, 5.74) is 0.673. The first-order valence-corrected chi connectivity index (χ1v) is 10.0. The first-order valence-electron chi connectivity index (χ1n) is 8.56. The van der Waals surface area contributed by atoms with Crippen molar-refractivity contribution in [2.24, 2.45) is 0 Å². The van der Waals surface area contributed by atoms with Crippen LogP contribution in [0.2, 0.25) is 0 Å².